The van der Waals surface area contributed by atoms with Gasteiger partial charge in [-0.3, -0.25) is 4.79 Å². The maximum atomic E-state index is 14.1. The fourth-order valence-corrected chi connectivity index (χ4v) is 4.32. The number of carbonyl (C=O) groups excluding carboxylic acids is 2. The van der Waals surface area contributed by atoms with Gasteiger partial charge in [0.1, 0.15) is 23.0 Å². The average Bonchev–Trinajstić information content (AvgIpc) is 3.04. The molecule has 0 bridgehead atoms. The van der Waals surface area contributed by atoms with Crippen molar-refractivity contribution in [1.82, 2.24) is 0 Å². The molecule has 2 aliphatic rings. The number of esters is 1. The van der Waals surface area contributed by atoms with E-state index in [0.29, 0.717) is 16.8 Å². The van der Waals surface area contributed by atoms with E-state index in [1.807, 2.05) is 12.1 Å². The largest absolute Gasteiger partial charge is 0.462 e. The SMILES string of the molecule is C=CCN1C(=O)[C@]2(C(C#N)=C(N)OC(c3ccccc3)=C2C(=O)OCC)c2ccccc21. The molecule has 0 saturated carbocycles. The Hall–Kier alpha value is -4.31. The van der Waals surface area contributed by atoms with Crippen LogP contribution in [0.5, 0.6) is 0 Å². The van der Waals surface area contributed by atoms with Gasteiger partial charge in [0.25, 0.3) is 0 Å². The Bertz CT molecular complexity index is 1220. The summed E-state index contributed by atoms with van der Waals surface area (Å²) in [6.07, 6.45) is 1.58. The Morgan fingerprint density at radius 1 is 1.25 bits per heavy atom. The second-order valence-corrected chi connectivity index (χ2v) is 7.22. The van der Waals surface area contributed by atoms with Crippen LogP contribution in [0.4, 0.5) is 5.69 Å². The van der Waals surface area contributed by atoms with E-state index >= 15 is 0 Å². The summed E-state index contributed by atoms with van der Waals surface area (Å²) in [5, 5.41) is 10.1. The monoisotopic (exact) mass is 427 g/mol. The number of nitrogens with two attached hydrogens (primary N) is 1. The van der Waals surface area contributed by atoms with E-state index in [0.717, 1.165) is 0 Å². The maximum Gasteiger partial charge on any atom is 0.339 e. The molecule has 1 amide bonds. The van der Waals surface area contributed by atoms with Gasteiger partial charge in [0, 0.05) is 23.4 Å². The number of amides is 1. The van der Waals surface area contributed by atoms with Crippen LogP contribution in [0, 0.1) is 11.3 Å². The van der Waals surface area contributed by atoms with Gasteiger partial charge in [0.05, 0.1) is 6.61 Å². The first-order valence-electron chi connectivity index (χ1n) is 10.1. The zero-order valence-electron chi connectivity index (χ0n) is 17.5. The van der Waals surface area contributed by atoms with Crippen molar-refractivity contribution in [2.45, 2.75) is 12.3 Å². The minimum absolute atomic E-state index is 0.0692. The number of ether oxygens (including phenoxy) is 2. The third-order valence-corrected chi connectivity index (χ3v) is 5.54. The Morgan fingerprint density at radius 2 is 1.94 bits per heavy atom. The molecule has 2 aliphatic heterocycles. The van der Waals surface area contributed by atoms with E-state index in [1.54, 1.807) is 61.5 Å². The number of hydrogen-bond acceptors (Lipinski definition) is 6. The quantitative estimate of drug-likeness (QED) is 0.580. The minimum Gasteiger partial charge on any atom is -0.462 e. The van der Waals surface area contributed by atoms with E-state index in [9.17, 15) is 14.9 Å². The fraction of sp³-hybridized carbons (Fsp3) is 0.160. The number of carbonyl (C=O) groups is 2. The molecule has 0 aromatic heterocycles. The number of anilines is 1. The number of para-hydroxylation sites is 1. The van der Waals surface area contributed by atoms with Crippen molar-refractivity contribution in [3.8, 4) is 6.07 Å². The van der Waals surface area contributed by atoms with E-state index in [1.165, 1.54) is 4.90 Å². The molecule has 2 aromatic rings. The number of hydrogen-bond donors (Lipinski definition) is 1. The number of fused-ring (bicyclic) bond motifs is 2. The molecule has 160 valence electrons. The highest BCUT2D eigenvalue weighted by atomic mass is 16.5. The van der Waals surface area contributed by atoms with Crippen LogP contribution >= 0.6 is 0 Å². The number of nitrogens with zero attached hydrogens (tertiary/aromatic N) is 2. The molecular formula is C25H21N3O4. The third-order valence-electron chi connectivity index (χ3n) is 5.54. The lowest BCUT2D eigenvalue weighted by atomic mass is 9.67. The fourth-order valence-electron chi connectivity index (χ4n) is 4.32. The molecule has 0 fully saturated rings. The molecule has 0 saturated heterocycles. The van der Waals surface area contributed by atoms with Gasteiger partial charge < -0.3 is 20.1 Å². The lowest BCUT2D eigenvalue weighted by molar-refractivity contribution is -0.140. The Balaban J connectivity index is 2.15. The van der Waals surface area contributed by atoms with Gasteiger partial charge >= 0.3 is 5.97 Å². The molecular weight excluding hydrogens is 406 g/mol. The van der Waals surface area contributed by atoms with Crippen molar-refractivity contribution in [3.05, 3.63) is 95.4 Å². The summed E-state index contributed by atoms with van der Waals surface area (Å²) in [4.78, 5) is 29.0. The van der Waals surface area contributed by atoms with Crippen molar-refractivity contribution in [1.29, 1.82) is 5.26 Å². The Morgan fingerprint density at radius 3 is 2.59 bits per heavy atom. The maximum absolute atomic E-state index is 14.1. The Kier molecular flexibility index (Phi) is 5.29. The van der Waals surface area contributed by atoms with Crippen LogP contribution in [0.1, 0.15) is 18.1 Å². The van der Waals surface area contributed by atoms with Gasteiger partial charge in [0.15, 0.2) is 5.41 Å². The van der Waals surface area contributed by atoms with Crippen LogP contribution in [0.25, 0.3) is 5.76 Å². The summed E-state index contributed by atoms with van der Waals surface area (Å²) < 4.78 is 11.2. The highest BCUT2D eigenvalue weighted by molar-refractivity contribution is 6.20. The number of nitriles is 1. The van der Waals surface area contributed by atoms with Gasteiger partial charge in [-0.15, -0.1) is 6.58 Å². The van der Waals surface area contributed by atoms with Gasteiger partial charge in [-0.1, -0.05) is 54.6 Å². The van der Waals surface area contributed by atoms with Crippen molar-refractivity contribution >= 4 is 23.3 Å². The van der Waals surface area contributed by atoms with Gasteiger partial charge in [-0.2, -0.15) is 5.26 Å². The Labute approximate surface area is 185 Å². The summed E-state index contributed by atoms with van der Waals surface area (Å²) in [5.74, 6) is -1.39. The van der Waals surface area contributed by atoms with Crippen molar-refractivity contribution in [2.24, 2.45) is 5.73 Å². The van der Waals surface area contributed by atoms with E-state index in [2.05, 4.69) is 6.58 Å². The second kappa shape index (κ2) is 8.08. The highest BCUT2D eigenvalue weighted by Gasteiger charge is 2.62. The molecule has 4 rings (SSSR count). The van der Waals surface area contributed by atoms with Crippen LogP contribution in [-0.2, 0) is 24.5 Å². The first-order chi connectivity index (χ1) is 15.5. The standard InChI is InChI=1S/C25H21N3O4/c1-3-14-28-19-13-9-8-12-17(19)25(24(28)30)18(15-26)22(27)32-21(16-10-6-5-7-11-16)20(25)23(29)31-4-2/h3,5-13H,1,4,14,27H2,2H3/t25-/m0/s1. The molecule has 0 radical (unpaired) electrons. The molecule has 1 spiro atoms. The van der Waals surface area contributed by atoms with Crippen LogP contribution in [0.3, 0.4) is 0 Å². The predicted molar refractivity (Wildman–Crippen MR) is 119 cm³/mol. The van der Waals surface area contributed by atoms with Crippen molar-refractivity contribution < 1.29 is 19.1 Å². The summed E-state index contributed by atoms with van der Waals surface area (Å²) in [6, 6.07) is 17.9. The topological polar surface area (TPSA) is 106 Å². The minimum atomic E-state index is -1.80. The van der Waals surface area contributed by atoms with Crippen LogP contribution in [0.2, 0.25) is 0 Å². The lowest BCUT2D eigenvalue weighted by Gasteiger charge is -2.35. The molecule has 2 N–H and O–H groups in total. The molecule has 2 aromatic carbocycles. The molecule has 2 heterocycles. The van der Waals surface area contributed by atoms with Gasteiger partial charge in [-0.25, -0.2) is 4.79 Å². The molecule has 7 nitrogen and oxygen atoms in total. The summed E-state index contributed by atoms with van der Waals surface area (Å²) in [6.45, 7) is 5.67. The second-order valence-electron chi connectivity index (χ2n) is 7.22. The van der Waals surface area contributed by atoms with Crippen molar-refractivity contribution in [3.63, 3.8) is 0 Å². The van der Waals surface area contributed by atoms with Crippen LogP contribution in [-0.4, -0.2) is 25.0 Å². The molecule has 7 heteroatoms. The molecule has 32 heavy (non-hydrogen) atoms. The third kappa shape index (κ3) is 2.81. The van der Waals surface area contributed by atoms with Crippen molar-refractivity contribution in [2.75, 3.05) is 18.1 Å². The first kappa shape index (κ1) is 20.9. The highest BCUT2D eigenvalue weighted by Crippen LogP contribution is 2.55. The number of rotatable bonds is 5. The average molecular weight is 427 g/mol. The summed E-state index contributed by atoms with van der Waals surface area (Å²) >= 11 is 0. The zero-order valence-corrected chi connectivity index (χ0v) is 17.5. The van der Waals surface area contributed by atoms with E-state index < -0.39 is 17.3 Å². The summed E-state index contributed by atoms with van der Waals surface area (Å²) in [7, 11) is 0. The molecule has 0 unspecified atom stereocenters. The molecule has 1 atom stereocenters. The first-order valence-corrected chi connectivity index (χ1v) is 10.1. The normalized spacial score (nSPS) is 19.5. The van der Waals surface area contributed by atoms with Crippen LogP contribution in [0.15, 0.2) is 84.3 Å². The van der Waals surface area contributed by atoms with E-state index in [-0.39, 0.29) is 35.9 Å². The molecule has 0 aliphatic carbocycles. The zero-order chi connectivity index (χ0) is 22.9. The smallest absolute Gasteiger partial charge is 0.339 e. The van der Waals surface area contributed by atoms with E-state index in [4.69, 9.17) is 15.2 Å². The predicted octanol–water partition coefficient (Wildman–Crippen LogP) is 3.16. The van der Waals surface area contributed by atoms with Crippen LogP contribution < -0.4 is 10.6 Å². The lowest BCUT2D eigenvalue weighted by Crippen LogP contribution is -2.48. The summed E-state index contributed by atoms with van der Waals surface area (Å²) in [5.41, 5.74) is 5.75. The number of benzene rings is 2. The van der Waals surface area contributed by atoms with Gasteiger partial charge in [-0.05, 0) is 13.0 Å². The van der Waals surface area contributed by atoms with Gasteiger partial charge in [0.2, 0.25) is 11.8 Å².